The maximum Gasteiger partial charge on any atom is 0.124 e. The van der Waals surface area contributed by atoms with Crippen LogP contribution in [0.1, 0.15) is 0 Å². The molecular formula is C14H10ClNS2. The van der Waals surface area contributed by atoms with Crippen molar-refractivity contribution < 1.29 is 0 Å². The van der Waals surface area contributed by atoms with Crippen LogP contribution in [-0.4, -0.2) is 11.2 Å². The number of hydrogen-bond donors (Lipinski definition) is 0. The molecule has 0 unspecified atom stereocenters. The molecule has 0 bridgehead atoms. The molecule has 3 aromatic rings. The molecule has 90 valence electrons. The summed E-state index contributed by atoms with van der Waals surface area (Å²) < 4.78 is 1.23. The summed E-state index contributed by atoms with van der Waals surface area (Å²) in [6.07, 6.45) is 2.09. The second kappa shape index (κ2) is 4.92. The first-order valence-electron chi connectivity index (χ1n) is 5.47. The Labute approximate surface area is 119 Å². The molecule has 1 heterocycles. The average Bonchev–Trinajstić information content (AvgIpc) is 2.82. The Bertz CT molecular complexity index is 689. The Hall–Kier alpha value is -1.03. The molecule has 1 nitrogen and oxygen atoms in total. The summed E-state index contributed by atoms with van der Waals surface area (Å²) >= 11 is 9.37. The van der Waals surface area contributed by atoms with E-state index in [9.17, 15) is 0 Å². The van der Waals surface area contributed by atoms with Crippen LogP contribution < -0.4 is 0 Å². The first-order chi connectivity index (χ1) is 8.76. The molecule has 0 saturated carbocycles. The standard InChI is InChI=1S/C14H10ClNS2/c1-17-11-6-7-12-13(8-11)18-14(16-12)9-2-4-10(15)5-3-9/h2-8H,1H3. The summed E-state index contributed by atoms with van der Waals surface area (Å²) in [6.45, 7) is 0. The Morgan fingerprint density at radius 3 is 2.61 bits per heavy atom. The quantitative estimate of drug-likeness (QED) is 0.591. The molecule has 0 fully saturated rings. The van der Waals surface area contributed by atoms with Crippen molar-refractivity contribution in [3.05, 3.63) is 47.5 Å². The maximum atomic E-state index is 5.90. The van der Waals surface area contributed by atoms with E-state index < -0.39 is 0 Å². The van der Waals surface area contributed by atoms with E-state index in [-0.39, 0.29) is 0 Å². The van der Waals surface area contributed by atoms with E-state index >= 15 is 0 Å². The second-order valence-electron chi connectivity index (χ2n) is 3.86. The van der Waals surface area contributed by atoms with Gasteiger partial charge in [0.05, 0.1) is 10.2 Å². The molecule has 18 heavy (non-hydrogen) atoms. The molecule has 4 heteroatoms. The van der Waals surface area contributed by atoms with E-state index in [1.165, 1.54) is 9.60 Å². The van der Waals surface area contributed by atoms with Crippen LogP contribution in [0.15, 0.2) is 47.4 Å². The third kappa shape index (κ3) is 2.26. The summed E-state index contributed by atoms with van der Waals surface area (Å²) in [5.74, 6) is 0. The second-order valence-corrected chi connectivity index (χ2v) is 6.21. The minimum atomic E-state index is 0.754. The lowest BCUT2D eigenvalue weighted by molar-refractivity contribution is 1.45. The highest BCUT2D eigenvalue weighted by molar-refractivity contribution is 7.98. The van der Waals surface area contributed by atoms with Gasteiger partial charge in [0.15, 0.2) is 0 Å². The van der Waals surface area contributed by atoms with Crippen LogP contribution >= 0.6 is 34.7 Å². The summed E-state index contributed by atoms with van der Waals surface area (Å²) in [5.41, 5.74) is 2.18. The zero-order valence-electron chi connectivity index (χ0n) is 9.68. The molecule has 0 aliphatic heterocycles. The van der Waals surface area contributed by atoms with Gasteiger partial charge >= 0.3 is 0 Å². The SMILES string of the molecule is CSc1ccc2nc(-c3ccc(Cl)cc3)sc2c1. The lowest BCUT2D eigenvalue weighted by atomic mass is 10.2. The van der Waals surface area contributed by atoms with Crippen molar-refractivity contribution in [2.75, 3.05) is 6.26 Å². The van der Waals surface area contributed by atoms with E-state index in [4.69, 9.17) is 11.6 Å². The predicted molar refractivity (Wildman–Crippen MR) is 81.8 cm³/mol. The zero-order chi connectivity index (χ0) is 12.5. The molecule has 3 rings (SSSR count). The van der Waals surface area contributed by atoms with Crippen LogP contribution in [0.5, 0.6) is 0 Å². The highest BCUT2D eigenvalue weighted by atomic mass is 35.5. The van der Waals surface area contributed by atoms with Crippen LogP contribution in [0.3, 0.4) is 0 Å². The molecule has 0 spiro atoms. The topological polar surface area (TPSA) is 12.9 Å². The summed E-state index contributed by atoms with van der Waals surface area (Å²) in [4.78, 5) is 5.93. The van der Waals surface area contributed by atoms with Gasteiger partial charge in [-0.2, -0.15) is 0 Å². The van der Waals surface area contributed by atoms with Gasteiger partial charge in [-0.3, -0.25) is 0 Å². The van der Waals surface area contributed by atoms with Crippen molar-refractivity contribution in [3.63, 3.8) is 0 Å². The zero-order valence-corrected chi connectivity index (χ0v) is 12.1. The highest BCUT2D eigenvalue weighted by Gasteiger charge is 2.06. The van der Waals surface area contributed by atoms with Crippen molar-refractivity contribution in [1.82, 2.24) is 4.98 Å². The molecule has 0 aliphatic rings. The molecule has 0 atom stereocenters. The number of rotatable bonds is 2. The summed E-state index contributed by atoms with van der Waals surface area (Å²) in [6, 6.07) is 14.2. The van der Waals surface area contributed by atoms with Crippen LogP contribution in [0.25, 0.3) is 20.8 Å². The van der Waals surface area contributed by atoms with E-state index in [1.54, 1.807) is 23.1 Å². The lowest BCUT2D eigenvalue weighted by Crippen LogP contribution is -1.74. The first-order valence-corrected chi connectivity index (χ1v) is 7.89. The molecule has 0 aliphatic carbocycles. The van der Waals surface area contributed by atoms with Crippen molar-refractivity contribution in [3.8, 4) is 10.6 Å². The maximum absolute atomic E-state index is 5.90. The van der Waals surface area contributed by atoms with E-state index in [0.29, 0.717) is 0 Å². The van der Waals surface area contributed by atoms with Crippen molar-refractivity contribution in [2.45, 2.75) is 4.90 Å². The van der Waals surface area contributed by atoms with Gasteiger partial charge in [-0.1, -0.05) is 23.7 Å². The molecule has 1 aromatic heterocycles. The third-order valence-corrected chi connectivity index (χ3v) is 4.73. The number of aromatic nitrogens is 1. The largest absolute Gasteiger partial charge is 0.236 e. The minimum absolute atomic E-state index is 0.754. The smallest absolute Gasteiger partial charge is 0.124 e. The number of thiazole rings is 1. The highest BCUT2D eigenvalue weighted by Crippen LogP contribution is 2.32. The van der Waals surface area contributed by atoms with Crippen LogP contribution in [0.4, 0.5) is 0 Å². The first kappa shape index (κ1) is 12.0. The summed E-state index contributed by atoms with van der Waals surface area (Å²) in [5, 5.41) is 1.80. The van der Waals surface area contributed by atoms with Crippen molar-refractivity contribution >= 4 is 44.9 Å². The summed E-state index contributed by atoms with van der Waals surface area (Å²) in [7, 11) is 0. The van der Waals surface area contributed by atoms with E-state index in [2.05, 4.69) is 29.4 Å². The average molecular weight is 292 g/mol. The van der Waals surface area contributed by atoms with Gasteiger partial charge in [0, 0.05) is 15.5 Å². The van der Waals surface area contributed by atoms with Gasteiger partial charge in [-0.15, -0.1) is 23.1 Å². The minimum Gasteiger partial charge on any atom is -0.236 e. The van der Waals surface area contributed by atoms with Gasteiger partial charge in [-0.05, 0) is 36.6 Å². The number of nitrogens with zero attached hydrogens (tertiary/aromatic N) is 1. The predicted octanol–water partition coefficient (Wildman–Crippen LogP) is 5.34. The molecular weight excluding hydrogens is 282 g/mol. The third-order valence-electron chi connectivity index (χ3n) is 2.69. The molecule has 2 aromatic carbocycles. The fourth-order valence-corrected chi connectivity index (χ4v) is 3.40. The fraction of sp³-hybridized carbons (Fsp3) is 0.0714. The normalized spacial score (nSPS) is 11.0. The molecule has 0 N–H and O–H groups in total. The van der Waals surface area contributed by atoms with Gasteiger partial charge in [-0.25, -0.2) is 4.98 Å². The lowest BCUT2D eigenvalue weighted by Gasteiger charge is -1.94. The fourth-order valence-electron chi connectivity index (χ4n) is 1.75. The van der Waals surface area contributed by atoms with Gasteiger partial charge in [0.25, 0.3) is 0 Å². The van der Waals surface area contributed by atoms with Gasteiger partial charge in [0.1, 0.15) is 5.01 Å². The van der Waals surface area contributed by atoms with Crippen LogP contribution in [0, 0.1) is 0 Å². The Balaban J connectivity index is 2.10. The van der Waals surface area contributed by atoms with Gasteiger partial charge < -0.3 is 0 Å². The molecule has 0 amide bonds. The van der Waals surface area contributed by atoms with Crippen LogP contribution in [0.2, 0.25) is 5.02 Å². The number of halogens is 1. The van der Waals surface area contributed by atoms with E-state index in [1.807, 2.05) is 24.3 Å². The Morgan fingerprint density at radius 1 is 1.11 bits per heavy atom. The molecule has 0 radical (unpaired) electrons. The molecule has 0 saturated heterocycles. The van der Waals surface area contributed by atoms with Crippen molar-refractivity contribution in [2.24, 2.45) is 0 Å². The van der Waals surface area contributed by atoms with Crippen molar-refractivity contribution in [1.29, 1.82) is 0 Å². The number of fused-ring (bicyclic) bond motifs is 1. The number of benzene rings is 2. The van der Waals surface area contributed by atoms with E-state index in [0.717, 1.165) is 21.1 Å². The Kier molecular flexibility index (Phi) is 3.29. The van der Waals surface area contributed by atoms with Crippen LogP contribution in [-0.2, 0) is 0 Å². The Morgan fingerprint density at radius 2 is 1.89 bits per heavy atom. The number of thioether (sulfide) groups is 1. The number of hydrogen-bond acceptors (Lipinski definition) is 3. The van der Waals surface area contributed by atoms with Gasteiger partial charge in [0.2, 0.25) is 0 Å². The monoisotopic (exact) mass is 291 g/mol.